The van der Waals surface area contributed by atoms with Crippen LogP contribution in [-0.4, -0.2) is 47.7 Å². The lowest BCUT2D eigenvalue weighted by molar-refractivity contribution is 0.102. The average molecular weight is 529 g/mol. The summed E-state index contributed by atoms with van der Waals surface area (Å²) in [4.78, 5) is 18.3. The molecule has 1 aliphatic heterocycles. The van der Waals surface area contributed by atoms with Crippen molar-refractivity contribution in [1.29, 1.82) is 0 Å². The lowest BCUT2D eigenvalue weighted by atomic mass is 10.0. The highest BCUT2D eigenvalue weighted by Crippen LogP contribution is 2.34. The second-order valence-corrected chi connectivity index (χ2v) is 11.3. The van der Waals surface area contributed by atoms with Crippen LogP contribution in [0.2, 0.25) is 5.02 Å². The predicted molar refractivity (Wildman–Crippen MR) is 136 cm³/mol. The number of nitrogens with one attached hydrogen (secondary N) is 1. The molecule has 11 heteroatoms. The van der Waals surface area contributed by atoms with E-state index in [2.05, 4.69) is 10.4 Å². The summed E-state index contributed by atoms with van der Waals surface area (Å²) < 4.78 is 44.8. The van der Waals surface area contributed by atoms with Crippen LogP contribution in [0.25, 0.3) is 22.3 Å². The number of nitrogens with zero attached hydrogens (tertiary/aromatic N) is 3. The number of carbonyl (C=O) groups excluding carboxylic acids is 1. The minimum Gasteiger partial charge on any atom is -0.495 e. The summed E-state index contributed by atoms with van der Waals surface area (Å²) >= 11 is 6.13. The number of hydrogen-bond donors (Lipinski definition) is 1. The van der Waals surface area contributed by atoms with Crippen LogP contribution in [0.4, 0.5) is 10.1 Å². The molecule has 1 saturated heterocycles. The van der Waals surface area contributed by atoms with Gasteiger partial charge in [-0.1, -0.05) is 11.6 Å². The van der Waals surface area contributed by atoms with Gasteiger partial charge in [0.2, 0.25) is 0 Å². The minimum absolute atomic E-state index is 0.0487. The molecular formula is C25H22ClFN4O4S. The Hall–Kier alpha value is -3.50. The Morgan fingerprint density at radius 2 is 1.94 bits per heavy atom. The van der Waals surface area contributed by atoms with Crippen molar-refractivity contribution in [2.75, 3.05) is 23.9 Å². The van der Waals surface area contributed by atoms with Crippen molar-refractivity contribution in [2.45, 2.75) is 19.4 Å². The summed E-state index contributed by atoms with van der Waals surface area (Å²) in [6.07, 6.45) is 0.405. The van der Waals surface area contributed by atoms with E-state index >= 15 is 0 Å². The number of carbonyl (C=O) groups is 1. The van der Waals surface area contributed by atoms with E-state index in [4.69, 9.17) is 21.3 Å². The van der Waals surface area contributed by atoms with Gasteiger partial charge in [0.15, 0.2) is 15.5 Å². The highest BCUT2D eigenvalue weighted by Gasteiger charge is 2.32. The first-order chi connectivity index (χ1) is 17.1. The van der Waals surface area contributed by atoms with Crippen molar-refractivity contribution in [1.82, 2.24) is 14.8 Å². The van der Waals surface area contributed by atoms with Crippen LogP contribution in [0.3, 0.4) is 0 Å². The molecule has 1 aliphatic rings. The summed E-state index contributed by atoms with van der Waals surface area (Å²) in [7, 11) is -1.70. The summed E-state index contributed by atoms with van der Waals surface area (Å²) in [6, 6.07) is 11.9. The summed E-state index contributed by atoms with van der Waals surface area (Å²) in [5.74, 6) is -0.402. The van der Waals surface area contributed by atoms with Crippen molar-refractivity contribution in [3.8, 4) is 17.0 Å². The topological polar surface area (TPSA) is 103 Å². The predicted octanol–water partition coefficient (Wildman–Crippen LogP) is 4.82. The molecule has 0 aliphatic carbocycles. The lowest BCUT2D eigenvalue weighted by Crippen LogP contribution is -2.15. The third-order valence-corrected chi connectivity index (χ3v) is 8.17. The maximum absolute atomic E-state index is 13.6. The largest absolute Gasteiger partial charge is 0.495 e. The number of pyridine rings is 1. The fourth-order valence-electron chi connectivity index (χ4n) is 4.45. The van der Waals surface area contributed by atoms with E-state index in [1.54, 1.807) is 48.0 Å². The molecule has 4 aromatic rings. The van der Waals surface area contributed by atoms with Gasteiger partial charge in [-0.15, -0.1) is 0 Å². The first kappa shape index (κ1) is 24.2. The quantitative estimate of drug-likeness (QED) is 0.398. The number of ether oxygens (including phenoxy) is 1. The average Bonchev–Trinajstić information content (AvgIpc) is 3.37. The Balaban J connectivity index is 1.68. The number of aromatic nitrogens is 3. The number of hydrogen-bond acceptors (Lipinski definition) is 6. The van der Waals surface area contributed by atoms with E-state index in [9.17, 15) is 17.6 Å². The van der Waals surface area contributed by atoms with E-state index in [0.717, 1.165) is 0 Å². The van der Waals surface area contributed by atoms with E-state index < -0.39 is 27.6 Å². The third-order valence-electron chi connectivity index (χ3n) is 6.19. The molecule has 0 spiro atoms. The smallest absolute Gasteiger partial charge is 0.256 e. The van der Waals surface area contributed by atoms with Gasteiger partial charge in [-0.05, 0) is 61.9 Å². The van der Waals surface area contributed by atoms with Crippen molar-refractivity contribution >= 4 is 44.1 Å². The number of sulfone groups is 1. The molecule has 0 saturated carbocycles. The number of halogens is 2. The maximum atomic E-state index is 13.6. The number of aryl methyl sites for hydroxylation is 1. The summed E-state index contributed by atoms with van der Waals surface area (Å²) in [5.41, 5.74) is 2.61. The SMILES string of the molecule is COc1ccc(Cl)cc1NC(=O)c1cc(-c2ccc(F)cc2)nc2c1c(C)nn2C1CCS(=O)(=O)C1. The maximum Gasteiger partial charge on any atom is 0.256 e. The highest BCUT2D eigenvalue weighted by atomic mass is 35.5. The number of methoxy groups -OCH3 is 1. The van der Waals surface area contributed by atoms with Gasteiger partial charge in [0.25, 0.3) is 5.91 Å². The molecule has 5 rings (SSSR count). The molecule has 0 bridgehead atoms. The van der Waals surface area contributed by atoms with Crippen molar-refractivity contribution in [2.24, 2.45) is 0 Å². The van der Waals surface area contributed by atoms with Gasteiger partial charge in [0.05, 0.1) is 52.7 Å². The van der Waals surface area contributed by atoms with Gasteiger partial charge in [-0.2, -0.15) is 5.10 Å². The van der Waals surface area contributed by atoms with E-state index in [-0.39, 0.29) is 17.1 Å². The van der Waals surface area contributed by atoms with Crippen LogP contribution < -0.4 is 10.1 Å². The normalized spacial score (nSPS) is 16.8. The molecule has 186 valence electrons. The van der Waals surface area contributed by atoms with Gasteiger partial charge < -0.3 is 10.1 Å². The van der Waals surface area contributed by atoms with Crippen molar-refractivity contribution in [3.63, 3.8) is 0 Å². The van der Waals surface area contributed by atoms with Crippen LogP contribution in [0.15, 0.2) is 48.5 Å². The fraction of sp³-hybridized carbons (Fsp3) is 0.240. The Bertz CT molecular complexity index is 1600. The van der Waals surface area contributed by atoms with Crippen molar-refractivity contribution < 1.29 is 22.3 Å². The highest BCUT2D eigenvalue weighted by molar-refractivity contribution is 7.91. The summed E-state index contributed by atoms with van der Waals surface area (Å²) in [6.45, 7) is 1.75. The lowest BCUT2D eigenvalue weighted by Gasteiger charge is -2.14. The molecule has 1 atom stereocenters. The molecule has 36 heavy (non-hydrogen) atoms. The van der Waals surface area contributed by atoms with Gasteiger partial charge in [0.1, 0.15) is 11.6 Å². The van der Waals surface area contributed by atoms with Crippen LogP contribution in [-0.2, 0) is 9.84 Å². The first-order valence-corrected chi connectivity index (χ1v) is 13.4. The number of benzene rings is 2. The zero-order valence-electron chi connectivity index (χ0n) is 19.5. The number of anilines is 1. The zero-order valence-corrected chi connectivity index (χ0v) is 21.0. The van der Waals surface area contributed by atoms with E-state index in [0.29, 0.717) is 50.9 Å². The number of amides is 1. The Morgan fingerprint density at radius 3 is 2.61 bits per heavy atom. The Labute approximate surface area is 212 Å². The van der Waals surface area contributed by atoms with Gasteiger partial charge in [-0.25, -0.2) is 22.5 Å². The van der Waals surface area contributed by atoms with E-state index in [1.165, 1.54) is 19.2 Å². The molecule has 1 fully saturated rings. The second-order valence-electron chi connectivity index (χ2n) is 8.65. The van der Waals surface area contributed by atoms with Crippen LogP contribution in [0.1, 0.15) is 28.5 Å². The molecule has 1 amide bonds. The molecular weight excluding hydrogens is 507 g/mol. The minimum atomic E-state index is -3.18. The Kier molecular flexibility index (Phi) is 6.17. The molecule has 2 aromatic heterocycles. The molecule has 2 aromatic carbocycles. The first-order valence-electron chi connectivity index (χ1n) is 11.2. The van der Waals surface area contributed by atoms with Gasteiger partial charge in [-0.3, -0.25) is 4.79 Å². The summed E-state index contributed by atoms with van der Waals surface area (Å²) in [5, 5.41) is 8.36. The fourth-order valence-corrected chi connectivity index (χ4v) is 6.32. The Morgan fingerprint density at radius 1 is 1.19 bits per heavy atom. The van der Waals surface area contributed by atoms with E-state index in [1.807, 2.05) is 0 Å². The molecule has 3 heterocycles. The van der Waals surface area contributed by atoms with Crippen LogP contribution >= 0.6 is 11.6 Å². The number of fused-ring (bicyclic) bond motifs is 1. The standard InChI is InChI=1S/C25H22ClFN4O4S/c1-14-23-19(25(32)29-21-11-16(26)5-8-22(21)35-2)12-20(15-3-6-17(27)7-4-15)28-24(23)31(30-14)18-9-10-36(33,34)13-18/h3-8,11-12,18H,9-10,13H2,1-2H3,(H,29,32). The third kappa shape index (κ3) is 4.54. The van der Waals surface area contributed by atoms with Crippen molar-refractivity contribution in [3.05, 3.63) is 70.6 Å². The molecule has 0 radical (unpaired) electrons. The number of rotatable bonds is 5. The van der Waals surface area contributed by atoms with Crippen LogP contribution in [0, 0.1) is 12.7 Å². The second kappa shape index (κ2) is 9.18. The molecule has 8 nitrogen and oxygen atoms in total. The molecule has 1 unspecified atom stereocenters. The van der Waals surface area contributed by atoms with Gasteiger partial charge >= 0.3 is 0 Å². The van der Waals surface area contributed by atoms with Crippen LogP contribution in [0.5, 0.6) is 5.75 Å². The molecule has 1 N–H and O–H groups in total. The van der Waals surface area contributed by atoms with Gasteiger partial charge in [0, 0.05) is 10.6 Å². The monoisotopic (exact) mass is 528 g/mol. The zero-order chi connectivity index (χ0) is 25.6.